The zero-order chi connectivity index (χ0) is 35.4. The van der Waals surface area contributed by atoms with Crippen molar-refractivity contribution >= 4 is 50.1 Å². The van der Waals surface area contributed by atoms with E-state index in [9.17, 15) is 0 Å². The molecule has 3 aliphatic carbocycles. The molecule has 3 nitrogen and oxygen atoms in total. The molecule has 10 rings (SSSR count). The average molecular weight is 682 g/mol. The van der Waals surface area contributed by atoms with Gasteiger partial charge in [0.05, 0.1) is 11.0 Å². The summed E-state index contributed by atoms with van der Waals surface area (Å²) >= 11 is 0. The summed E-state index contributed by atoms with van der Waals surface area (Å²) in [6, 6.07) is 48.3. The molecule has 2 unspecified atom stereocenters. The molecule has 0 radical (unpaired) electrons. The Bertz CT molecular complexity index is 2770. The van der Waals surface area contributed by atoms with Gasteiger partial charge in [0.1, 0.15) is 0 Å². The van der Waals surface area contributed by atoms with E-state index in [1.54, 1.807) is 5.57 Å². The third-order valence-electron chi connectivity index (χ3n) is 11.7. The summed E-state index contributed by atoms with van der Waals surface area (Å²) in [6.07, 6.45) is 20.8. The van der Waals surface area contributed by atoms with Gasteiger partial charge in [0.2, 0.25) is 0 Å². The van der Waals surface area contributed by atoms with Gasteiger partial charge in [-0.1, -0.05) is 152 Å². The number of rotatable bonds is 6. The Balaban J connectivity index is 1.06. The first kappa shape index (κ1) is 31.3. The second kappa shape index (κ2) is 12.6. The Hall–Kier alpha value is -6.45. The van der Waals surface area contributed by atoms with Gasteiger partial charge in [-0.15, -0.1) is 0 Å². The van der Waals surface area contributed by atoms with Gasteiger partial charge < -0.3 is 5.73 Å². The van der Waals surface area contributed by atoms with Gasteiger partial charge in [0, 0.05) is 28.1 Å². The van der Waals surface area contributed by atoms with Crippen LogP contribution in [-0.4, -0.2) is 10.9 Å². The lowest BCUT2D eigenvalue weighted by molar-refractivity contribution is 0.435. The molecule has 7 aromatic rings. The Labute approximate surface area is 310 Å². The van der Waals surface area contributed by atoms with E-state index >= 15 is 0 Å². The lowest BCUT2D eigenvalue weighted by Crippen LogP contribution is -2.37. The normalized spacial score (nSPS) is 19.5. The van der Waals surface area contributed by atoms with E-state index in [-0.39, 0.29) is 5.41 Å². The van der Waals surface area contributed by atoms with Crippen LogP contribution >= 0.6 is 0 Å². The predicted molar refractivity (Wildman–Crippen MR) is 224 cm³/mol. The molecule has 0 bridgehead atoms. The highest BCUT2D eigenvalue weighted by molar-refractivity contribution is 6.08. The van der Waals surface area contributed by atoms with Crippen LogP contribution < -0.4 is 5.73 Å². The SMILES string of the molecule is NC(=CC=Nn1c2ccccc2c2ccc(C3(C4C=CC=CC4)C4=C(C=CCC4)c4ccccc43)cc21)c1ccc(-c2ccc3ccccc3c2)cc1. The van der Waals surface area contributed by atoms with Crippen LogP contribution in [0.3, 0.4) is 0 Å². The highest BCUT2D eigenvalue weighted by atomic mass is 15.3. The Kier molecular flexibility index (Phi) is 7.47. The van der Waals surface area contributed by atoms with Gasteiger partial charge in [0.15, 0.2) is 0 Å². The van der Waals surface area contributed by atoms with Crippen molar-refractivity contribution in [1.29, 1.82) is 0 Å². The molecule has 6 aromatic carbocycles. The van der Waals surface area contributed by atoms with Crippen molar-refractivity contribution in [3.05, 3.63) is 204 Å². The summed E-state index contributed by atoms with van der Waals surface area (Å²) in [4.78, 5) is 0. The van der Waals surface area contributed by atoms with E-state index in [1.807, 2.05) is 12.3 Å². The average Bonchev–Trinajstić information content (AvgIpc) is 3.71. The van der Waals surface area contributed by atoms with Crippen LogP contribution in [0.4, 0.5) is 0 Å². The van der Waals surface area contributed by atoms with E-state index in [4.69, 9.17) is 10.8 Å². The largest absolute Gasteiger partial charge is 0.398 e. The smallest absolute Gasteiger partial charge is 0.0735 e. The molecule has 2 atom stereocenters. The van der Waals surface area contributed by atoms with Gasteiger partial charge in [-0.05, 0) is 105 Å². The first-order valence-electron chi connectivity index (χ1n) is 18.7. The quantitative estimate of drug-likeness (QED) is 0.174. The fourth-order valence-electron chi connectivity index (χ4n) is 9.24. The fraction of sp³-hybridized carbons (Fsp3) is 0.100. The minimum atomic E-state index is -0.263. The van der Waals surface area contributed by atoms with Crippen molar-refractivity contribution in [2.45, 2.75) is 24.7 Å². The summed E-state index contributed by atoms with van der Waals surface area (Å²) in [6.45, 7) is 0. The summed E-state index contributed by atoms with van der Waals surface area (Å²) < 4.78 is 2.10. The molecule has 3 heteroatoms. The van der Waals surface area contributed by atoms with E-state index in [2.05, 4.69) is 175 Å². The summed E-state index contributed by atoms with van der Waals surface area (Å²) in [7, 11) is 0. The molecule has 1 heterocycles. The lowest BCUT2D eigenvalue weighted by Gasteiger charge is -2.41. The van der Waals surface area contributed by atoms with Crippen LogP contribution in [-0.2, 0) is 5.41 Å². The second-order valence-electron chi connectivity index (χ2n) is 14.4. The minimum Gasteiger partial charge on any atom is -0.398 e. The highest BCUT2D eigenvalue weighted by Crippen LogP contribution is 2.59. The number of allylic oxidation sites excluding steroid dienone is 9. The summed E-state index contributed by atoms with van der Waals surface area (Å²) in [5, 5.41) is 9.96. The number of para-hydroxylation sites is 1. The number of hydrogen-bond donors (Lipinski definition) is 1. The van der Waals surface area contributed by atoms with Gasteiger partial charge in [-0.3, -0.25) is 0 Å². The molecule has 0 saturated heterocycles. The Morgan fingerprint density at radius 3 is 2.40 bits per heavy atom. The molecule has 254 valence electrons. The van der Waals surface area contributed by atoms with Crippen LogP contribution in [0.25, 0.3) is 55.0 Å². The topological polar surface area (TPSA) is 43.3 Å². The molecule has 3 aliphatic rings. The molecule has 0 amide bonds. The first-order chi connectivity index (χ1) is 26.2. The number of benzene rings is 6. The number of fused-ring (bicyclic) bond motifs is 6. The van der Waals surface area contributed by atoms with Gasteiger partial charge >= 0.3 is 0 Å². The van der Waals surface area contributed by atoms with E-state index in [0.29, 0.717) is 11.6 Å². The van der Waals surface area contributed by atoms with Crippen LogP contribution in [0.15, 0.2) is 187 Å². The van der Waals surface area contributed by atoms with Crippen molar-refractivity contribution in [3.63, 3.8) is 0 Å². The van der Waals surface area contributed by atoms with Crippen molar-refractivity contribution in [2.75, 3.05) is 0 Å². The zero-order valence-electron chi connectivity index (χ0n) is 29.5. The molecule has 0 saturated carbocycles. The predicted octanol–water partition coefficient (Wildman–Crippen LogP) is 12.0. The summed E-state index contributed by atoms with van der Waals surface area (Å²) in [5.41, 5.74) is 19.6. The third kappa shape index (κ3) is 4.99. The maximum Gasteiger partial charge on any atom is 0.0735 e. The number of nitrogens with two attached hydrogens (primary N) is 1. The molecule has 0 aliphatic heterocycles. The van der Waals surface area contributed by atoms with Gasteiger partial charge in [0.25, 0.3) is 0 Å². The highest BCUT2D eigenvalue weighted by Gasteiger charge is 2.50. The number of aromatic nitrogens is 1. The monoisotopic (exact) mass is 681 g/mol. The molecular weight excluding hydrogens is 643 g/mol. The van der Waals surface area contributed by atoms with Crippen molar-refractivity contribution in [3.8, 4) is 11.1 Å². The van der Waals surface area contributed by atoms with E-state index < -0.39 is 0 Å². The van der Waals surface area contributed by atoms with Crippen molar-refractivity contribution in [1.82, 2.24) is 4.68 Å². The molecule has 0 fully saturated rings. The molecule has 1 aromatic heterocycles. The second-order valence-corrected chi connectivity index (χ2v) is 14.4. The summed E-state index contributed by atoms with van der Waals surface area (Å²) in [5.74, 6) is 0.307. The fourth-order valence-corrected chi connectivity index (χ4v) is 9.24. The van der Waals surface area contributed by atoms with Gasteiger partial charge in [-0.25, -0.2) is 4.68 Å². The number of nitrogens with zero attached hydrogens (tertiary/aromatic N) is 2. The molecule has 2 N–H and O–H groups in total. The standard InChI is InChI=1S/C50H39N3/c51-47(36-25-22-35(23-26-36)38-27-24-34-12-4-5-13-37(34)32-38)30-31-52-53-48-21-11-8-18-43(48)44-29-28-40(33-49(44)53)50(39-14-2-1-3-15-39)45-19-9-6-16-41(45)42-17-7-10-20-46(42)50/h1-9,11-14,16-19,21-33,39H,10,15,20,51H2. The molecular formula is C50H39N3. The van der Waals surface area contributed by atoms with Crippen LogP contribution in [0, 0.1) is 5.92 Å². The maximum absolute atomic E-state index is 6.68. The first-order valence-corrected chi connectivity index (χ1v) is 18.7. The van der Waals surface area contributed by atoms with Crippen LogP contribution in [0.1, 0.15) is 41.5 Å². The third-order valence-corrected chi connectivity index (χ3v) is 11.7. The number of hydrogen-bond acceptors (Lipinski definition) is 2. The lowest BCUT2D eigenvalue weighted by atomic mass is 9.60. The van der Waals surface area contributed by atoms with Crippen molar-refractivity contribution < 1.29 is 0 Å². The van der Waals surface area contributed by atoms with E-state index in [1.165, 1.54) is 49.4 Å². The van der Waals surface area contributed by atoms with Crippen LogP contribution in [0.2, 0.25) is 0 Å². The minimum absolute atomic E-state index is 0.263. The van der Waals surface area contributed by atoms with Gasteiger partial charge in [-0.2, -0.15) is 5.10 Å². The maximum atomic E-state index is 6.68. The zero-order valence-corrected chi connectivity index (χ0v) is 29.5. The van der Waals surface area contributed by atoms with Crippen molar-refractivity contribution in [2.24, 2.45) is 16.8 Å². The van der Waals surface area contributed by atoms with Crippen LogP contribution in [0.5, 0.6) is 0 Å². The molecule has 0 spiro atoms. The molecule has 53 heavy (non-hydrogen) atoms. The van der Waals surface area contributed by atoms with E-state index in [0.717, 1.165) is 41.4 Å². The Morgan fingerprint density at radius 1 is 0.717 bits per heavy atom. The Morgan fingerprint density at radius 2 is 1.51 bits per heavy atom.